The largest absolute Gasteiger partial charge is 0.354 e. The molecule has 3 rings (SSSR count). The van der Waals surface area contributed by atoms with Crippen molar-refractivity contribution in [2.45, 2.75) is 26.2 Å². The van der Waals surface area contributed by atoms with E-state index in [9.17, 15) is 4.39 Å². The lowest BCUT2D eigenvalue weighted by molar-refractivity contribution is 0.609. The fraction of sp³-hybridized carbons (Fsp3) is 0.375. The number of halogens is 1. The second-order valence-electron chi connectivity index (χ2n) is 5.13. The van der Waals surface area contributed by atoms with Crippen LogP contribution in [-0.2, 0) is 6.42 Å². The molecule has 2 aromatic rings. The predicted octanol–water partition coefficient (Wildman–Crippen LogP) is 3.52. The standard InChI is InChI=1S/C16H19FN4/c1-2-18-16-19-11-13(17)15(20-16)21-10-6-5-8-12-7-3-4-9-14(12)21/h3-4,7,9,11H,2,5-6,8,10H2,1H3,(H,18,19,20). The van der Waals surface area contributed by atoms with Gasteiger partial charge in [-0.15, -0.1) is 0 Å². The van der Waals surface area contributed by atoms with Gasteiger partial charge in [0.1, 0.15) is 0 Å². The first-order valence-corrected chi connectivity index (χ1v) is 7.41. The topological polar surface area (TPSA) is 41.1 Å². The highest BCUT2D eigenvalue weighted by molar-refractivity contribution is 5.65. The molecule has 1 aromatic heterocycles. The van der Waals surface area contributed by atoms with Crippen molar-refractivity contribution < 1.29 is 4.39 Å². The van der Waals surface area contributed by atoms with E-state index in [2.05, 4.69) is 21.4 Å². The van der Waals surface area contributed by atoms with Crippen molar-refractivity contribution in [1.82, 2.24) is 9.97 Å². The van der Waals surface area contributed by atoms with Gasteiger partial charge in [0.15, 0.2) is 11.6 Å². The van der Waals surface area contributed by atoms with E-state index in [1.807, 2.05) is 30.0 Å². The highest BCUT2D eigenvalue weighted by Gasteiger charge is 2.21. The van der Waals surface area contributed by atoms with Crippen molar-refractivity contribution in [3.63, 3.8) is 0 Å². The van der Waals surface area contributed by atoms with Crippen LogP contribution in [0.2, 0.25) is 0 Å². The Labute approximate surface area is 124 Å². The second kappa shape index (κ2) is 6.08. The zero-order valence-electron chi connectivity index (χ0n) is 12.1. The quantitative estimate of drug-likeness (QED) is 0.937. The third kappa shape index (κ3) is 2.82. The predicted molar refractivity (Wildman–Crippen MR) is 82.5 cm³/mol. The number of hydrogen-bond acceptors (Lipinski definition) is 4. The van der Waals surface area contributed by atoms with Crippen LogP contribution in [0.1, 0.15) is 25.3 Å². The molecule has 5 heteroatoms. The molecule has 1 aliphatic rings. The molecular weight excluding hydrogens is 267 g/mol. The van der Waals surface area contributed by atoms with Crippen molar-refractivity contribution in [2.24, 2.45) is 0 Å². The number of nitrogens with one attached hydrogen (secondary N) is 1. The van der Waals surface area contributed by atoms with E-state index < -0.39 is 0 Å². The Morgan fingerprint density at radius 1 is 1.29 bits per heavy atom. The van der Waals surface area contributed by atoms with Gasteiger partial charge in [-0.1, -0.05) is 18.2 Å². The molecule has 0 saturated carbocycles. The van der Waals surface area contributed by atoms with Gasteiger partial charge in [-0.05, 0) is 37.8 Å². The number of benzene rings is 1. The number of nitrogens with zero attached hydrogens (tertiary/aromatic N) is 3. The molecule has 0 radical (unpaired) electrons. The zero-order chi connectivity index (χ0) is 14.7. The van der Waals surface area contributed by atoms with E-state index in [-0.39, 0.29) is 5.82 Å². The van der Waals surface area contributed by atoms with Crippen LogP contribution >= 0.6 is 0 Å². The molecule has 1 aliphatic heterocycles. The van der Waals surface area contributed by atoms with Crippen LogP contribution in [0, 0.1) is 5.82 Å². The van der Waals surface area contributed by atoms with Crippen molar-refractivity contribution >= 4 is 17.5 Å². The Balaban J connectivity index is 2.05. The van der Waals surface area contributed by atoms with E-state index >= 15 is 0 Å². The lowest BCUT2D eigenvalue weighted by Gasteiger charge is -2.24. The molecule has 2 heterocycles. The van der Waals surface area contributed by atoms with E-state index in [0.29, 0.717) is 18.3 Å². The number of fused-ring (bicyclic) bond motifs is 1. The Kier molecular flexibility index (Phi) is 3.99. The average Bonchev–Trinajstić information content (AvgIpc) is 2.72. The molecule has 0 saturated heterocycles. The number of anilines is 3. The number of rotatable bonds is 3. The maximum absolute atomic E-state index is 14.2. The average molecular weight is 286 g/mol. The molecule has 1 N–H and O–H groups in total. The molecule has 0 aliphatic carbocycles. The summed E-state index contributed by atoms with van der Waals surface area (Å²) < 4.78 is 14.2. The fourth-order valence-corrected chi connectivity index (χ4v) is 2.70. The molecule has 1 aromatic carbocycles. The Hall–Kier alpha value is -2.17. The smallest absolute Gasteiger partial charge is 0.224 e. The monoisotopic (exact) mass is 286 g/mol. The summed E-state index contributed by atoms with van der Waals surface area (Å²) in [6.07, 6.45) is 4.40. The van der Waals surface area contributed by atoms with Crippen LogP contribution in [0.3, 0.4) is 0 Å². The molecular formula is C16H19FN4. The van der Waals surface area contributed by atoms with Gasteiger partial charge in [0, 0.05) is 18.8 Å². The maximum atomic E-state index is 14.2. The number of aryl methyl sites for hydroxylation is 1. The maximum Gasteiger partial charge on any atom is 0.224 e. The van der Waals surface area contributed by atoms with E-state index in [0.717, 1.165) is 31.5 Å². The van der Waals surface area contributed by atoms with Crippen LogP contribution in [-0.4, -0.2) is 23.1 Å². The minimum Gasteiger partial charge on any atom is -0.354 e. The minimum absolute atomic E-state index is 0.357. The van der Waals surface area contributed by atoms with Crippen molar-refractivity contribution in [1.29, 1.82) is 0 Å². The number of para-hydroxylation sites is 1. The number of aromatic nitrogens is 2. The van der Waals surface area contributed by atoms with E-state index in [4.69, 9.17) is 0 Å². The van der Waals surface area contributed by atoms with Crippen LogP contribution in [0.15, 0.2) is 30.5 Å². The first-order valence-electron chi connectivity index (χ1n) is 7.41. The van der Waals surface area contributed by atoms with Gasteiger partial charge in [-0.3, -0.25) is 0 Å². The summed E-state index contributed by atoms with van der Waals surface area (Å²) in [4.78, 5) is 10.3. The zero-order valence-corrected chi connectivity index (χ0v) is 12.1. The summed E-state index contributed by atoms with van der Waals surface area (Å²) >= 11 is 0. The molecule has 4 nitrogen and oxygen atoms in total. The van der Waals surface area contributed by atoms with E-state index in [1.54, 1.807) is 0 Å². The normalized spacial score (nSPS) is 14.5. The van der Waals surface area contributed by atoms with Crippen molar-refractivity contribution in [2.75, 3.05) is 23.3 Å². The van der Waals surface area contributed by atoms with Gasteiger partial charge in [0.2, 0.25) is 5.95 Å². The lowest BCUT2D eigenvalue weighted by Crippen LogP contribution is -2.21. The highest BCUT2D eigenvalue weighted by Crippen LogP contribution is 2.32. The van der Waals surface area contributed by atoms with Gasteiger partial charge in [0.25, 0.3) is 0 Å². The summed E-state index contributed by atoms with van der Waals surface area (Å²) in [5.41, 5.74) is 2.30. The van der Waals surface area contributed by atoms with E-state index in [1.165, 1.54) is 11.8 Å². The Morgan fingerprint density at radius 3 is 3.00 bits per heavy atom. The van der Waals surface area contributed by atoms with Crippen LogP contribution in [0.25, 0.3) is 0 Å². The Morgan fingerprint density at radius 2 is 2.14 bits per heavy atom. The summed E-state index contributed by atoms with van der Waals surface area (Å²) in [6.45, 7) is 3.45. The number of hydrogen-bond donors (Lipinski definition) is 1. The summed E-state index contributed by atoms with van der Waals surface area (Å²) in [7, 11) is 0. The van der Waals surface area contributed by atoms with Gasteiger partial charge in [-0.2, -0.15) is 4.98 Å². The van der Waals surface area contributed by atoms with Crippen LogP contribution < -0.4 is 10.2 Å². The van der Waals surface area contributed by atoms with Crippen LogP contribution in [0.4, 0.5) is 21.8 Å². The SMILES string of the molecule is CCNc1ncc(F)c(N2CCCCc3ccccc32)n1. The third-order valence-electron chi connectivity index (χ3n) is 3.68. The third-order valence-corrected chi connectivity index (χ3v) is 3.68. The van der Waals surface area contributed by atoms with Gasteiger partial charge >= 0.3 is 0 Å². The second-order valence-corrected chi connectivity index (χ2v) is 5.13. The van der Waals surface area contributed by atoms with Gasteiger partial charge in [-0.25, -0.2) is 9.37 Å². The Bertz CT molecular complexity index is 629. The molecule has 0 unspecified atom stereocenters. The molecule has 0 fully saturated rings. The summed E-state index contributed by atoms with van der Waals surface area (Å²) in [5.74, 6) is 0.444. The first kappa shape index (κ1) is 13.8. The highest BCUT2D eigenvalue weighted by atomic mass is 19.1. The van der Waals surface area contributed by atoms with Gasteiger partial charge < -0.3 is 10.2 Å². The molecule has 0 bridgehead atoms. The fourth-order valence-electron chi connectivity index (χ4n) is 2.70. The molecule has 0 amide bonds. The van der Waals surface area contributed by atoms with Crippen molar-refractivity contribution in [3.05, 3.63) is 41.8 Å². The first-order chi connectivity index (χ1) is 10.3. The minimum atomic E-state index is -0.381. The molecule has 21 heavy (non-hydrogen) atoms. The molecule has 0 spiro atoms. The molecule has 110 valence electrons. The van der Waals surface area contributed by atoms with Crippen molar-refractivity contribution in [3.8, 4) is 0 Å². The summed E-state index contributed by atoms with van der Waals surface area (Å²) in [6, 6.07) is 8.16. The lowest BCUT2D eigenvalue weighted by atomic mass is 10.1. The van der Waals surface area contributed by atoms with Crippen LogP contribution in [0.5, 0.6) is 0 Å². The molecule has 0 atom stereocenters. The van der Waals surface area contributed by atoms with Gasteiger partial charge in [0.05, 0.1) is 6.20 Å². The summed E-state index contributed by atoms with van der Waals surface area (Å²) in [5, 5.41) is 3.04.